The number of rotatable bonds is 5. The van der Waals surface area contributed by atoms with Crippen LogP contribution in [-0.2, 0) is 6.18 Å². The summed E-state index contributed by atoms with van der Waals surface area (Å²) >= 11 is 0. The largest absolute Gasteiger partial charge is 0.418 e. The highest BCUT2D eigenvalue weighted by atomic mass is 19.4. The fourth-order valence-corrected chi connectivity index (χ4v) is 2.41. The molecular weight excluding hydrogens is 347 g/mol. The molecule has 0 fully saturated rings. The second-order valence-electron chi connectivity index (χ2n) is 5.40. The van der Waals surface area contributed by atoms with Crippen LogP contribution in [0.3, 0.4) is 0 Å². The number of benzene rings is 1. The molecule has 0 radical (unpaired) electrons. The average molecular weight is 365 g/mol. The third-order valence-electron chi connectivity index (χ3n) is 3.77. The van der Waals surface area contributed by atoms with Crippen LogP contribution in [0.15, 0.2) is 42.6 Å². The quantitative estimate of drug-likeness (QED) is 0.876. The third kappa shape index (κ3) is 4.38. The van der Waals surface area contributed by atoms with Crippen molar-refractivity contribution >= 4 is 17.5 Å². The summed E-state index contributed by atoms with van der Waals surface area (Å²) in [7, 11) is 0. The number of para-hydroxylation sites is 1. The van der Waals surface area contributed by atoms with Gasteiger partial charge in [-0.15, -0.1) is 0 Å². The molecule has 2 rings (SSSR count). The van der Waals surface area contributed by atoms with Crippen LogP contribution in [0.2, 0.25) is 0 Å². The van der Waals surface area contributed by atoms with E-state index in [1.807, 2.05) is 13.8 Å². The maximum atomic E-state index is 13.0. The van der Waals surface area contributed by atoms with Crippen LogP contribution < -0.4 is 5.32 Å². The molecule has 1 heterocycles. The maximum absolute atomic E-state index is 13.0. The fraction of sp³-hybridized carbons (Fsp3) is 0.278. The second kappa shape index (κ2) is 7.99. The summed E-state index contributed by atoms with van der Waals surface area (Å²) in [5.41, 5.74) is -1.21. The van der Waals surface area contributed by atoms with Gasteiger partial charge in [-0.1, -0.05) is 12.1 Å². The highest BCUT2D eigenvalue weighted by Gasteiger charge is 2.33. The van der Waals surface area contributed by atoms with Crippen molar-refractivity contribution in [2.75, 3.05) is 18.4 Å². The van der Waals surface area contributed by atoms with Crippen molar-refractivity contribution in [2.45, 2.75) is 20.0 Å². The predicted molar refractivity (Wildman–Crippen MR) is 90.9 cm³/mol. The molecule has 0 atom stereocenters. The van der Waals surface area contributed by atoms with Crippen molar-refractivity contribution in [3.8, 4) is 0 Å². The lowest BCUT2D eigenvalue weighted by molar-refractivity contribution is -0.136. The van der Waals surface area contributed by atoms with E-state index in [4.69, 9.17) is 0 Å². The lowest BCUT2D eigenvalue weighted by Crippen LogP contribution is -2.30. The van der Waals surface area contributed by atoms with Gasteiger partial charge in [-0.3, -0.25) is 14.6 Å². The van der Waals surface area contributed by atoms with Crippen molar-refractivity contribution in [1.82, 2.24) is 9.88 Å². The maximum Gasteiger partial charge on any atom is 0.418 e. The van der Waals surface area contributed by atoms with Crippen molar-refractivity contribution in [1.29, 1.82) is 0 Å². The number of alkyl halides is 3. The minimum Gasteiger partial charge on any atom is -0.339 e. The second-order valence-corrected chi connectivity index (χ2v) is 5.40. The van der Waals surface area contributed by atoms with Gasteiger partial charge in [0, 0.05) is 24.8 Å². The molecule has 0 saturated heterocycles. The molecule has 0 aliphatic carbocycles. The summed E-state index contributed by atoms with van der Waals surface area (Å²) in [6.45, 7) is 4.64. The topological polar surface area (TPSA) is 62.3 Å². The lowest BCUT2D eigenvalue weighted by Gasteiger charge is -2.18. The van der Waals surface area contributed by atoms with Gasteiger partial charge in [0.25, 0.3) is 11.8 Å². The van der Waals surface area contributed by atoms with Crippen LogP contribution in [0, 0.1) is 0 Å². The van der Waals surface area contributed by atoms with E-state index in [1.54, 1.807) is 4.90 Å². The molecule has 0 aliphatic heterocycles. The van der Waals surface area contributed by atoms with E-state index in [-0.39, 0.29) is 22.9 Å². The summed E-state index contributed by atoms with van der Waals surface area (Å²) in [6.07, 6.45) is -3.32. The number of anilines is 1. The van der Waals surface area contributed by atoms with Gasteiger partial charge in [-0.25, -0.2) is 0 Å². The molecule has 2 amide bonds. The van der Waals surface area contributed by atoms with E-state index >= 15 is 0 Å². The Morgan fingerprint density at radius 1 is 1.12 bits per heavy atom. The molecule has 8 heteroatoms. The van der Waals surface area contributed by atoms with E-state index in [9.17, 15) is 22.8 Å². The highest BCUT2D eigenvalue weighted by Crippen LogP contribution is 2.34. The van der Waals surface area contributed by atoms with Gasteiger partial charge in [0.15, 0.2) is 0 Å². The Kier molecular flexibility index (Phi) is 5.97. The molecule has 1 aromatic carbocycles. The molecule has 1 aromatic heterocycles. The number of pyridine rings is 1. The number of hydrogen-bond acceptors (Lipinski definition) is 3. The fourth-order valence-electron chi connectivity index (χ4n) is 2.41. The van der Waals surface area contributed by atoms with E-state index in [0.717, 1.165) is 12.1 Å². The number of aromatic nitrogens is 1. The minimum atomic E-state index is -4.60. The first kappa shape index (κ1) is 19.4. The number of hydrogen-bond donors (Lipinski definition) is 1. The van der Waals surface area contributed by atoms with Crippen molar-refractivity contribution < 1.29 is 22.8 Å². The predicted octanol–water partition coefficient (Wildman–Crippen LogP) is 3.83. The Balaban J connectivity index is 2.27. The average Bonchev–Trinajstić information content (AvgIpc) is 2.62. The summed E-state index contributed by atoms with van der Waals surface area (Å²) in [6, 6.07) is 7.39. The van der Waals surface area contributed by atoms with Crippen LogP contribution in [0.5, 0.6) is 0 Å². The van der Waals surface area contributed by atoms with Gasteiger partial charge in [-0.2, -0.15) is 13.2 Å². The molecule has 5 nitrogen and oxygen atoms in total. The van der Waals surface area contributed by atoms with Crippen LogP contribution in [0.4, 0.5) is 18.9 Å². The number of carbonyl (C=O) groups excluding carboxylic acids is 2. The Morgan fingerprint density at radius 3 is 2.38 bits per heavy atom. The van der Waals surface area contributed by atoms with E-state index in [0.29, 0.717) is 13.1 Å². The first-order valence-corrected chi connectivity index (χ1v) is 8.00. The van der Waals surface area contributed by atoms with Gasteiger partial charge in [-0.05, 0) is 38.1 Å². The van der Waals surface area contributed by atoms with Gasteiger partial charge >= 0.3 is 6.18 Å². The van der Waals surface area contributed by atoms with E-state index < -0.39 is 17.6 Å². The van der Waals surface area contributed by atoms with Gasteiger partial charge < -0.3 is 10.2 Å². The molecule has 0 spiro atoms. The van der Waals surface area contributed by atoms with Gasteiger partial charge in [0.1, 0.15) is 5.69 Å². The molecule has 0 saturated carbocycles. The molecule has 0 bridgehead atoms. The minimum absolute atomic E-state index is 0.139. The molecule has 26 heavy (non-hydrogen) atoms. The Morgan fingerprint density at radius 2 is 1.77 bits per heavy atom. The number of carbonyl (C=O) groups is 2. The summed E-state index contributed by atoms with van der Waals surface area (Å²) in [5, 5.41) is 2.21. The zero-order valence-electron chi connectivity index (χ0n) is 14.3. The standard InChI is InChI=1S/C18H18F3N3O2/c1-3-24(4-2)17(26)12-9-10-22-15(11-12)16(25)23-14-8-6-5-7-13(14)18(19,20)21/h5-11H,3-4H2,1-2H3,(H,23,25). The monoisotopic (exact) mass is 365 g/mol. The Bertz CT molecular complexity index is 802. The molecule has 2 aromatic rings. The van der Waals surface area contributed by atoms with Crippen LogP contribution >= 0.6 is 0 Å². The van der Waals surface area contributed by atoms with Gasteiger partial charge in [0.2, 0.25) is 0 Å². The zero-order chi connectivity index (χ0) is 19.3. The van der Waals surface area contributed by atoms with E-state index in [2.05, 4.69) is 10.3 Å². The molecule has 0 unspecified atom stereocenters. The van der Waals surface area contributed by atoms with Crippen molar-refractivity contribution in [3.63, 3.8) is 0 Å². The molecular formula is C18H18F3N3O2. The van der Waals surface area contributed by atoms with Gasteiger partial charge in [0.05, 0.1) is 11.3 Å². The normalized spacial score (nSPS) is 11.1. The van der Waals surface area contributed by atoms with Crippen LogP contribution in [-0.4, -0.2) is 34.8 Å². The number of nitrogens with one attached hydrogen (secondary N) is 1. The summed E-state index contributed by atoms with van der Waals surface area (Å²) < 4.78 is 39.1. The van der Waals surface area contributed by atoms with Crippen molar-refractivity contribution in [2.24, 2.45) is 0 Å². The first-order valence-electron chi connectivity index (χ1n) is 8.00. The van der Waals surface area contributed by atoms with Crippen LogP contribution in [0.1, 0.15) is 40.3 Å². The van der Waals surface area contributed by atoms with Crippen molar-refractivity contribution in [3.05, 3.63) is 59.4 Å². The number of nitrogens with zero attached hydrogens (tertiary/aromatic N) is 2. The summed E-state index contributed by atoms with van der Waals surface area (Å²) in [5.74, 6) is -1.10. The van der Waals surface area contributed by atoms with Crippen LogP contribution in [0.25, 0.3) is 0 Å². The third-order valence-corrected chi connectivity index (χ3v) is 3.77. The summed E-state index contributed by atoms with van der Waals surface area (Å²) in [4.78, 5) is 30.1. The highest BCUT2D eigenvalue weighted by molar-refractivity contribution is 6.05. The SMILES string of the molecule is CCN(CC)C(=O)c1ccnc(C(=O)Nc2ccccc2C(F)(F)F)c1. The Labute approximate surface area is 148 Å². The zero-order valence-corrected chi connectivity index (χ0v) is 14.3. The number of halogens is 3. The molecule has 1 N–H and O–H groups in total. The Hall–Kier alpha value is -2.90. The number of amides is 2. The van der Waals surface area contributed by atoms with E-state index in [1.165, 1.54) is 30.5 Å². The lowest BCUT2D eigenvalue weighted by atomic mass is 10.1. The first-order chi connectivity index (χ1) is 12.3. The molecule has 138 valence electrons. The molecule has 0 aliphatic rings. The smallest absolute Gasteiger partial charge is 0.339 e.